The van der Waals surface area contributed by atoms with Crippen molar-refractivity contribution in [2.24, 2.45) is 0 Å². The van der Waals surface area contributed by atoms with E-state index in [1.807, 2.05) is 0 Å². The monoisotopic (exact) mass is 372 g/mol. The second-order valence-electron chi connectivity index (χ2n) is 8.39. The zero-order chi connectivity index (χ0) is 20.6. The highest BCUT2D eigenvalue weighted by atomic mass is 16.5. The van der Waals surface area contributed by atoms with Crippen molar-refractivity contribution in [1.82, 2.24) is 0 Å². The number of ether oxygens (including phenoxy) is 1. The van der Waals surface area contributed by atoms with Crippen molar-refractivity contribution in [3.8, 4) is 5.75 Å². The molecular formula is C22H28O5. The van der Waals surface area contributed by atoms with Crippen LogP contribution in [0.1, 0.15) is 68.6 Å². The smallest absolute Gasteiger partial charge is 0.343 e. The summed E-state index contributed by atoms with van der Waals surface area (Å²) in [6.45, 7) is 9.74. The lowest BCUT2D eigenvalue weighted by molar-refractivity contribution is 0.0689. The molecule has 0 aliphatic carbocycles. The van der Waals surface area contributed by atoms with Gasteiger partial charge in [-0.15, -0.1) is 0 Å². The maximum atomic E-state index is 12.7. The number of benzene rings is 2. The second-order valence-corrected chi connectivity index (χ2v) is 8.39. The third kappa shape index (κ3) is 5.39. The zero-order valence-electron chi connectivity index (χ0n) is 16.7. The molecule has 0 bridgehead atoms. The lowest BCUT2D eigenvalue weighted by atomic mass is 9.89. The van der Waals surface area contributed by atoms with Gasteiger partial charge in [0.25, 0.3) is 0 Å². The minimum Gasteiger partial charge on any atom is -0.423 e. The van der Waals surface area contributed by atoms with Crippen LogP contribution in [0.4, 0.5) is 0 Å². The first-order valence-electron chi connectivity index (χ1n) is 8.84. The molecule has 3 N–H and O–H groups in total. The highest BCUT2D eigenvalue weighted by Gasteiger charge is 2.25. The number of rotatable bonds is 5. The lowest BCUT2D eigenvalue weighted by Crippen LogP contribution is -2.22. The summed E-state index contributed by atoms with van der Waals surface area (Å²) in [6, 6.07) is 11.5. The summed E-state index contributed by atoms with van der Waals surface area (Å²) in [4.78, 5) is 12.7. The van der Waals surface area contributed by atoms with Crippen LogP contribution >= 0.6 is 0 Å². The molecular weight excluding hydrogens is 344 g/mol. The Bertz CT molecular complexity index is 801. The van der Waals surface area contributed by atoms with E-state index in [2.05, 4.69) is 0 Å². The summed E-state index contributed by atoms with van der Waals surface area (Å²) < 4.78 is 5.46. The predicted octanol–water partition coefficient (Wildman–Crippen LogP) is 3.59. The molecule has 0 fully saturated rings. The SMILES string of the molecule is CC(C)(O)c1cccc(OC(=O)c2cc(C(C)(C)O)cc(C(C)(C)O)c2)c1. The Morgan fingerprint density at radius 1 is 0.741 bits per heavy atom. The van der Waals surface area contributed by atoms with Crippen LogP contribution in [-0.4, -0.2) is 21.3 Å². The molecule has 0 heterocycles. The zero-order valence-corrected chi connectivity index (χ0v) is 16.7. The van der Waals surface area contributed by atoms with Gasteiger partial charge in [-0.05, 0) is 82.5 Å². The van der Waals surface area contributed by atoms with Crippen LogP contribution in [0.2, 0.25) is 0 Å². The molecule has 0 amide bonds. The van der Waals surface area contributed by atoms with Gasteiger partial charge in [-0.2, -0.15) is 0 Å². The molecule has 0 radical (unpaired) electrons. The largest absolute Gasteiger partial charge is 0.423 e. The fraction of sp³-hybridized carbons (Fsp3) is 0.409. The van der Waals surface area contributed by atoms with E-state index in [-0.39, 0.29) is 5.56 Å². The van der Waals surface area contributed by atoms with Crippen LogP contribution in [0.5, 0.6) is 5.75 Å². The Kier molecular flexibility index (Phi) is 5.53. The van der Waals surface area contributed by atoms with Crippen molar-refractivity contribution in [1.29, 1.82) is 0 Å². The van der Waals surface area contributed by atoms with Gasteiger partial charge in [-0.1, -0.05) is 18.2 Å². The number of aliphatic hydroxyl groups is 3. The molecule has 0 saturated carbocycles. The van der Waals surface area contributed by atoms with Gasteiger partial charge in [-0.25, -0.2) is 4.79 Å². The molecule has 2 aromatic rings. The number of esters is 1. The van der Waals surface area contributed by atoms with E-state index in [9.17, 15) is 20.1 Å². The summed E-state index contributed by atoms with van der Waals surface area (Å²) in [6.07, 6.45) is 0. The molecule has 0 atom stereocenters. The number of hydrogen-bond acceptors (Lipinski definition) is 5. The van der Waals surface area contributed by atoms with Gasteiger partial charge in [0.1, 0.15) is 5.75 Å². The van der Waals surface area contributed by atoms with Crippen LogP contribution in [0.25, 0.3) is 0 Å². The Morgan fingerprint density at radius 3 is 1.67 bits per heavy atom. The molecule has 2 aromatic carbocycles. The van der Waals surface area contributed by atoms with Crippen molar-refractivity contribution in [3.63, 3.8) is 0 Å². The van der Waals surface area contributed by atoms with Gasteiger partial charge in [0, 0.05) is 0 Å². The quantitative estimate of drug-likeness (QED) is 0.551. The standard InChI is InChI=1S/C22H28O5/c1-20(2,24)15-8-7-9-18(13-15)27-19(23)14-10-16(21(3,4)25)12-17(11-14)22(5,6)26/h7-13,24-26H,1-6H3. The minimum absolute atomic E-state index is 0.223. The molecule has 146 valence electrons. The Labute approximate surface area is 160 Å². The summed E-state index contributed by atoms with van der Waals surface area (Å²) in [5, 5.41) is 30.8. The minimum atomic E-state index is -1.18. The Balaban J connectivity index is 2.41. The van der Waals surface area contributed by atoms with Gasteiger partial charge in [0.2, 0.25) is 0 Å². The second kappa shape index (κ2) is 7.08. The van der Waals surface area contributed by atoms with Gasteiger partial charge < -0.3 is 20.1 Å². The Morgan fingerprint density at radius 2 is 1.22 bits per heavy atom. The number of carbonyl (C=O) groups excluding carboxylic acids is 1. The van der Waals surface area contributed by atoms with E-state index in [1.165, 1.54) is 0 Å². The number of carbonyl (C=O) groups is 1. The van der Waals surface area contributed by atoms with E-state index in [0.717, 1.165) is 0 Å². The van der Waals surface area contributed by atoms with Gasteiger partial charge >= 0.3 is 5.97 Å². The molecule has 5 heteroatoms. The maximum absolute atomic E-state index is 12.7. The van der Waals surface area contributed by atoms with Crippen molar-refractivity contribution in [3.05, 3.63) is 64.7 Å². The van der Waals surface area contributed by atoms with E-state index in [0.29, 0.717) is 22.4 Å². The average Bonchev–Trinajstić information content (AvgIpc) is 2.52. The normalized spacial score (nSPS) is 12.8. The molecule has 0 spiro atoms. The molecule has 0 unspecified atom stereocenters. The van der Waals surface area contributed by atoms with E-state index in [1.54, 1.807) is 84.0 Å². The molecule has 0 aliphatic heterocycles. The van der Waals surface area contributed by atoms with Gasteiger partial charge in [0.15, 0.2) is 0 Å². The molecule has 2 rings (SSSR count). The summed E-state index contributed by atoms with van der Waals surface area (Å²) >= 11 is 0. The molecule has 0 saturated heterocycles. The molecule has 0 aromatic heterocycles. The maximum Gasteiger partial charge on any atom is 0.343 e. The topological polar surface area (TPSA) is 87.0 Å². The highest BCUT2D eigenvalue weighted by molar-refractivity contribution is 5.91. The average molecular weight is 372 g/mol. The van der Waals surface area contributed by atoms with Crippen molar-refractivity contribution < 1.29 is 24.9 Å². The molecule has 27 heavy (non-hydrogen) atoms. The molecule has 5 nitrogen and oxygen atoms in total. The van der Waals surface area contributed by atoms with Crippen LogP contribution in [0.3, 0.4) is 0 Å². The predicted molar refractivity (Wildman–Crippen MR) is 104 cm³/mol. The van der Waals surface area contributed by atoms with Crippen molar-refractivity contribution >= 4 is 5.97 Å². The fourth-order valence-electron chi connectivity index (χ4n) is 2.56. The van der Waals surface area contributed by atoms with E-state index in [4.69, 9.17) is 4.74 Å². The summed E-state index contributed by atoms with van der Waals surface area (Å²) in [5.74, 6) is -0.308. The van der Waals surface area contributed by atoms with Crippen LogP contribution in [0, 0.1) is 0 Å². The van der Waals surface area contributed by atoms with Crippen LogP contribution < -0.4 is 4.74 Å². The highest BCUT2D eigenvalue weighted by Crippen LogP contribution is 2.29. The summed E-state index contributed by atoms with van der Waals surface area (Å²) in [7, 11) is 0. The van der Waals surface area contributed by atoms with Crippen molar-refractivity contribution in [2.75, 3.05) is 0 Å². The van der Waals surface area contributed by atoms with Gasteiger partial charge in [-0.3, -0.25) is 0 Å². The first kappa shape index (κ1) is 21.1. The van der Waals surface area contributed by atoms with Crippen LogP contribution in [-0.2, 0) is 16.8 Å². The first-order valence-corrected chi connectivity index (χ1v) is 8.84. The first-order chi connectivity index (χ1) is 12.2. The fourth-order valence-corrected chi connectivity index (χ4v) is 2.56. The third-order valence-corrected chi connectivity index (χ3v) is 4.33. The molecule has 0 aliphatic rings. The van der Waals surface area contributed by atoms with Gasteiger partial charge in [0.05, 0.1) is 22.4 Å². The van der Waals surface area contributed by atoms with Crippen LogP contribution in [0.15, 0.2) is 42.5 Å². The van der Waals surface area contributed by atoms with E-state index < -0.39 is 22.8 Å². The lowest BCUT2D eigenvalue weighted by Gasteiger charge is -2.24. The van der Waals surface area contributed by atoms with E-state index >= 15 is 0 Å². The summed E-state index contributed by atoms with van der Waals surface area (Å²) in [5.41, 5.74) is -1.58. The number of hydrogen-bond donors (Lipinski definition) is 3. The third-order valence-electron chi connectivity index (χ3n) is 4.33. The Hall–Kier alpha value is -2.21. The van der Waals surface area contributed by atoms with Crippen molar-refractivity contribution in [2.45, 2.75) is 58.3 Å².